The molecule has 96 valence electrons. The van der Waals surface area contributed by atoms with Gasteiger partial charge in [0.25, 0.3) is 0 Å². The van der Waals surface area contributed by atoms with Gasteiger partial charge in [0.1, 0.15) is 4.88 Å². The summed E-state index contributed by atoms with van der Waals surface area (Å²) in [6, 6.07) is 3.50. The third-order valence-corrected chi connectivity index (χ3v) is 5.39. The van der Waals surface area contributed by atoms with Gasteiger partial charge >= 0.3 is 5.97 Å². The Morgan fingerprint density at radius 1 is 1.29 bits per heavy atom. The van der Waals surface area contributed by atoms with E-state index in [0.717, 1.165) is 4.88 Å². The first-order valence-corrected chi connectivity index (χ1v) is 7.69. The monoisotopic (exact) mass is 272 g/mol. The van der Waals surface area contributed by atoms with E-state index >= 15 is 0 Å². The van der Waals surface area contributed by atoms with Gasteiger partial charge in [0.05, 0.1) is 5.60 Å². The van der Waals surface area contributed by atoms with Crippen LogP contribution in [0, 0.1) is 0 Å². The molecule has 17 heavy (non-hydrogen) atoms. The lowest BCUT2D eigenvalue weighted by molar-refractivity contribution is 0.0702. The van der Waals surface area contributed by atoms with Crippen LogP contribution in [0.5, 0.6) is 0 Å². The Morgan fingerprint density at radius 2 is 1.88 bits per heavy atom. The smallest absolute Gasteiger partial charge is 0.345 e. The van der Waals surface area contributed by atoms with Gasteiger partial charge < -0.3 is 9.53 Å². The molecule has 5 heteroatoms. The van der Waals surface area contributed by atoms with Gasteiger partial charge in [0.15, 0.2) is 9.76 Å². The fourth-order valence-electron chi connectivity index (χ4n) is 1.24. The Labute approximate surface area is 109 Å². The molecule has 0 aliphatic rings. The van der Waals surface area contributed by atoms with Gasteiger partial charge in [-0.1, -0.05) is 20.8 Å². The summed E-state index contributed by atoms with van der Waals surface area (Å²) in [5.41, 5.74) is -0.377. The highest BCUT2D eigenvalue weighted by atomic mass is 32.1. The lowest BCUT2D eigenvalue weighted by Crippen LogP contribution is -2.26. The van der Waals surface area contributed by atoms with E-state index in [1.807, 2.05) is 19.9 Å². The predicted octanol–water partition coefficient (Wildman–Crippen LogP) is 3.00. The number of thiophene rings is 1. The van der Waals surface area contributed by atoms with Crippen molar-refractivity contribution in [2.24, 2.45) is 0 Å². The summed E-state index contributed by atoms with van der Waals surface area (Å²) < 4.78 is 6.03. The number of hydrogen-bond donors (Lipinski definition) is 1. The summed E-state index contributed by atoms with van der Waals surface area (Å²) in [6.07, 6.45) is 0. The molecule has 3 nitrogen and oxygen atoms in total. The highest BCUT2D eigenvalue weighted by Gasteiger charge is 2.26. The normalized spacial score (nSPS) is 13.5. The van der Waals surface area contributed by atoms with Crippen molar-refractivity contribution in [2.75, 3.05) is 0 Å². The minimum atomic E-state index is -0.870. The highest BCUT2D eigenvalue weighted by molar-refractivity contribution is 7.14. The summed E-state index contributed by atoms with van der Waals surface area (Å²) in [7, 11) is -0.649. The van der Waals surface area contributed by atoms with Crippen LogP contribution in [-0.4, -0.2) is 20.8 Å². The van der Waals surface area contributed by atoms with Crippen molar-refractivity contribution in [2.45, 2.75) is 45.3 Å². The molecular formula is C12H20O3SSi. The summed E-state index contributed by atoms with van der Waals surface area (Å²) in [5.74, 6) is -0.870. The average molecular weight is 272 g/mol. The zero-order valence-electron chi connectivity index (χ0n) is 11.0. The van der Waals surface area contributed by atoms with Crippen LogP contribution < -0.4 is 0 Å². The van der Waals surface area contributed by atoms with Crippen molar-refractivity contribution >= 4 is 27.1 Å². The summed E-state index contributed by atoms with van der Waals surface area (Å²) in [5, 5.41) is 9.14. The van der Waals surface area contributed by atoms with Gasteiger partial charge in [-0.05, 0) is 31.0 Å². The van der Waals surface area contributed by atoms with Crippen molar-refractivity contribution in [3.63, 3.8) is 0 Å². The fraction of sp³-hybridized carbons (Fsp3) is 0.583. The first kappa shape index (κ1) is 14.4. The largest absolute Gasteiger partial charge is 0.477 e. The maximum absolute atomic E-state index is 10.8. The zero-order valence-corrected chi connectivity index (χ0v) is 13.3. The second kappa shape index (κ2) is 4.92. The molecule has 0 atom stereocenters. The quantitative estimate of drug-likeness (QED) is 0.857. The molecule has 0 bridgehead atoms. The maximum Gasteiger partial charge on any atom is 0.345 e. The minimum Gasteiger partial charge on any atom is -0.477 e. The first-order chi connectivity index (χ1) is 7.62. The third kappa shape index (κ3) is 4.26. The fourth-order valence-corrected chi connectivity index (χ4v) is 3.20. The molecule has 0 aliphatic heterocycles. The molecule has 0 fully saturated rings. The predicted molar refractivity (Wildman–Crippen MR) is 73.6 cm³/mol. The summed E-state index contributed by atoms with van der Waals surface area (Å²) in [6.45, 7) is 10.5. The van der Waals surface area contributed by atoms with E-state index in [1.165, 1.54) is 11.3 Å². The van der Waals surface area contributed by atoms with Gasteiger partial charge in [-0.3, -0.25) is 0 Å². The number of aromatic carboxylic acids is 1. The first-order valence-electron chi connectivity index (χ1n) is 5.59. The molecule has 0 radical (unpaired) electrons. The molecule has 1 aromatic rings. The number of carboxylic acids is 1. The van der Waals surface area contributed by atoms with Crippen molar-refractivity contribution in [3.8, 4) is 0 Å². The molecule has 0 spiro atoms. The zero-order chi connectivity index (χ0) is 13.3. The van der Waals surface area contributed by atoms with E-state index in [1.54, 1.807) is 6.07 Å². The SMILES string of the molecule is CC(C)(C)[SiH2]OC(C)(C)c1ccc(C(=O)O)s1. The lowest BCUT2D eigenvalue weighted by Gasteiger charge is -2.29. The van der Waals surface area contributed by atoms with Crippen molar-refractivity contribution in [3.05, 3.63) is 21.9 Å². The van der Waals surface area contributed by atoms with Crippen LogP contribution in [0.2, 0.25) is 5.04 Å². The Kier molecular flexibility index (Phi) is 4.17. The second-order valence-corrected chi connectivity index (χ2v) is 9.61. The number of rotatable bonds is 4. The van der Waals surface area contributed by atoms with Crippen LogP contribution in [0.15, 0.2) is 12.1 Å². The second-order valence-electron chi connectivity index (χ2n) is 5.83. The van der Waals surface area contributed by atoms with Crippen LogP contribution in [-0.2, 0) is 10.0 Å². The molecule has 0 aromatic carbocycles. The molecule has 0 unspecified atom stereocenters. The van der Waals surface area contributed by atoms with Gasteiger partial charge in [-0.15, -0.1) is 11.3 Å². The van der Waals surface area contributed by atoms with Crippen LogP contribution in [0.25, 0.3) is 0 Å². The minimum absolute atomic E-state index is 0.240. The van der Waals surface area contributed by atoms with Gasteiger partial charge in [0, 0.05) is 4.88 Å². The molecule has 1 heterocycles. The molecule has 1 rings (SSSR count). The molecular weight excluding hydrogens is 252 g/mol. The molecule has 1 aromatic heterocycles. The third-order valence-electron chi connectivity index (χ3n) is 2.28. The van der Waals surface area contributed by atoms with Crippen molar-refractivity contribution < 1.29 is 14.3 Å². The van der Waals surface area contributed by atoms with Gasteiger partial charge in [-0.25, -0.2) is 4.79 Å². The average Bonchev–Trinajstić information content (AvgIpc) is 2.63. The van der Waals surface area contributed by atoms with E-state index in [9.17, 15) is 4.79 Å². The number of carboxylic acid groups (broad SMARTS) is 1. The van der Waals surface area contributed by atoms with E-state index in [4.69, 9.17) is 9.53 Å². The van der Waals surface area contributed by atoms with Crippen LogP contribution in [0.1, 0.15) is 49.2 Å². The van der Waals surface area contributed by atoms with E-state index in [0.29, 0.717) is 4.88 Å². The van der Waals surface area contributed by atoms with Gasteiger partial charge in [0.2, 0.25) is 0 Å². The van der Waals surface area contributed by atoms with Crippen molar-refractivity contribution in [1.29, 1.82) is 0 Å². The molecule has 0 saturated carbocycles. The van der Waals surface area contributed by atoms with Crippen molar-refractivity contribution in [1.82, 2.24) is 0 Å². The van der Waals surface area contributed by atoms with Crippen LogP contribution >= 0.6 is 11.3 Å². The number of hydrogen-bond acceptors (Lipinski definition) is 3. The summed E-state index contributed by atoms with van der Waals surface area (Å²) in [4.78, 5) is 12.2. The molecule has 0 saturated heterocycles. The standard InChI is InChI=1S/C12H20O3SSi/c1-11(2,3)17-15-12(4,5)9-7-6-8(16-9)10(13)14/h6-7H,17H2,1-5H3,(H,13,14). The molecule has 0 aliphatic carbocycles. The van der Waals surface area contributed by atoms with E-state index in [-0.39, 0.29) is 10.6 Å². The number of carbonyl (C=O) groups is 1. The highest BCUT2D eigenvalue weighted by Crippen LogP contribution is 2.33. The van der Waals surface area contributed by atoms with Crippen LogP contribution in [0.4, 0.5) is 0 Å². The van der Waals surface area contributed by atoms with Gasteiger partial charge in [-0.2, -0.15) is 0 Å². The summed E-state index contributed by atoms with van der Waals surface area (Å²) >= 11 is 1.30. The lowest BCUT2D eigenvalue weighted by atomic mass is 10.1. The molecule has 1 N–H and O–H groups in total. The molecule has 0 amide bonds. The Balaban J connectivity index is 2.78. The Hall–Kier alpha value is -0.653. The Bertz CT molecular complexity index is 404. The van der Waals surface area contributed by atoms with E-state index in [2.05, 4.69) is 20.8 Å². The topological polar surface area (TPSA) is 46.5 Å². The Morgan fingerprint density at radius 3 is 2.29 bits per heavy atom. The van der Waals surface area contributed by atoms with Crippen LogP contribution in [0.3, 0.4) is 0 Å². The maximum atomic E-state index is 10.8. The van der Waals surface area contributed by atoms with E-state index < -0.39 is 15.7 Å².